The average Bonchev–Trinajstić information content (AvgIpc) is 2.83. The zero-order valence-corrected chi connectivity index (χ0v) is 19.3. The minimum atomic E-state index is -5.65. The van der Waals surface area contributed by atoms with E-state index >= 15 is 0 Å². The van der Waals surface area contributed by atoms with Crippen LogP contribution in [0.3, 0.4) is 0 Å². The number of esters is 1. The van der Waals surface area contributed by atoms with Crippen LogP contribution in [0.15, 0.2) is 61.2 Å². The molecule has 0 heterocycles. The van der Waals surface area contributed by atoms with E-state index in [2.05, 4.69) is 11.3 Å². The van der Waals surface area contributed by atoms with Crippen LogP contribution in [0.1, 0.15) is 38.5 Å². The summed E-state index contributed by atoms with van der Waals surface area (Å²) < 4.78 is 77.8. The van der Waals surface area contributed by atoms with E-state index in [4.69, 9.17) is 9.47 Å². The first kappa shape index (κ1) is 28.1. The number of ether oxygens (including phenoxy) is 3. The summed E-state index contributed by atoms with van der Waals surface area (Å²) in [4.78, 5) is 10.9. The van der Waals surface area contributed by atoms with Crippen molar-refractivity contribution in [2.24, 2.45) is 0 Å². The van der Waals surface area contributed by atoms with Crippen LogP contribution in [-0.4, -0.2) is 37.9 Å². The number of hydrogen-bond acceptors (Lipinski definition) is 4. The Morgan fingerprint density at radius 1 is 0.714 bits per heavy atom. The molecule has 0 saturated carbocycles. The molecule has 0 fully saturated rings. The van der Waals surface area contributed by atoms with Crippen LogP contribution >= 0.6 is 0 Å². The van der Waals surface area contributed by atoms with Gasteiger partial charge >= 0.3 is 18.1 Å². The molecule has 192 valence electrons. The highest BCUT2D eigenvalue weighted by atomic mass is 19.4. The van der Waals surface area contributed by atoms with E-state index in [9.17, 15) is 26.7 Å². The molecule has 0 unspecified atom stereocenters. The third-order valence-corrected chi connectivity index (χ3v) is 5.10. The van der Waals surface area contributed by atoms with Crippen molar-refractivity contribution in [1.82, 2.24) is 0 Å². The second-order valence-electron chi connectivity index (χ2n) is 7.88. The quantitative estimate of drug-likeness (QED) is 0.111. The highest BCUT2D eigenvalue weighted by Gasteiger charge is 2.58. The van der Waals surface area contributed by atoms with Crippen molar-refractivity contribution in [3.8, 4) is 22.6 Å². The normalized spacial score (nSPS) is 11.7. The van der Waals surface area contributed by atoms with Crippen molar-refractivity contribution in [2.75, 3.05) is 19.8 Å². The van der Waals surface area contributed by atoms with Gasteiger partial charge in [0.15, 0.2) is 6.61 Å². The SMILES string of the molecule is C=CC(=O)OCCCCCCCCOc1ccc(-c2ccc(OCC(F)(F)C(F)(F)F)cc2)cc1. The maximum Gasteiger partial charge on any atom is 0.456 e. The fourth-order valence-electron chi connectivity index (χ4n) is 3.08. The van der Waals surface area contributed by atoms with E-state index in [1.54, 1.807) is 12.1 Å². The first-order valence-electron chi connectivity index (χ1n) is 11.3. The van der Waals surface area contributed by atoms with Gasteiger partial charge in [-0.25, -0.2) is 4.79 Å². The second-order valence-corrected chi connectivity index (χ2v) is 7.88. The molecule has 2 rings (SSSR count). The zero-order chi connectivity index (χ0) is 25.7. The summed E-state index contributed by atoms with van der Waals surface area (Å²) in [6, 6.07) is 13.2. The lowest BCUT2D eigenvalue weighted by atomic mass is 10.1. The molecule has 0 N–H and O–H groups in total. The minimum Gasteiger partial charge on any atom is -0.494 e. The van der Waals surface area contributed by atoms with Gasteiger partial charge < -0.3 is 14.2 Å². The van der Waals surface area contributed by atoms with Crippen LogP contribution < -0.4 is 9.47 Å². The lowest BCUT2D eigenvalue weighted by molar-refractivity contribution is -0.290. The lowest BCUT2D eigenvalue weighted by Crippen LogP contribution is -2.41. The average molecular weight is 501 g/mol. The molecule has 0 atom stereocenters. The van der Waals surface area contributed by atoms with E-state index in [-0.39, 0.29) is 5.75 Å². The largest absolute Gasteiger partial charge is 0.494 e. The van der Waals surface area contributed by atoms with Gasteiger partial charge in [-0.2, -0.15) is 22.0 Å². The van der Waals surface area contributed by atoms with Gasteiger partial charge in [0.25, 0.3) is 0 Å². The highest BCUT2D eigenvalue weighted by Crippen LogP contribution is 2.36. The van der Waals surface area contributed by atoms with Crippen LogP contribution in [0, 0.1) is 0 Å². The molecule has 0 bridgehead atoms. The number of carbonyl (C=O) groups is 1. The van der Waals surface area contributed by atoms with Gasteiger partial charge in [-0.15, -0.1) is 0 Å². The minimum absolute atomic E-state index is 0.0752. The Labute approximate surface area is 201 Å². The summed E-state index contributed by atoms with van der Waals surface area (Å²) in [5.74, 6) is -4.67. The summed E-state index contributed by atoms with van der Waals surface area (Å²) in [7, 11) is 0. The summed E-state index contributed by atoms with van der Waals surface area (Å²) in [6.45, 7) is 2.58. The molecule has 35 heavy (non-hydrogen) atoms. The number of benzene rings is 2. The Kier molecular flexibility index (Phi) is 11.0. The predicted octanol–water partition coefficient (Wildman–Crippen LogP) is 7.38. The Balaban J connectivity index is 1.65. The molecule has 2 aromatic rings. The van der Waals surface area contributed by atoms with E-state index in [0.717, 1.165) is 55.7 Å². The van der Waals surface area contributed by atoms with Crippen molar-refractivity contribution in [2.45, 2.75) is 50.6 Å². The van der Waals surface area contributed by atoms with Gasteiger partial charge in [0, 0.05) is 6.08 Å². The Morgan fingerprint density at radius 2 is 1.17 bits per heavy atom. The number of hydrogen-bond donors (Lipinski definition) is 0. The van der Waals surface area contributed by atoms with Crippen molar-refractivity contribution in [1.29, 1.82) is 0 Å². The molecule has 0 aliphatic rings. The molecular formula is C26H29F5O4. The van der Waals surface area contributed by atoms with Gasteiger partial charge in [-0.1, -0.05) is 56.5 Å². The Morgan fingerprint density at radius 3 is 1.66 bits per heavy atom. The zero-order valence-electron chi connectivity index (χ0n) is 19.3. The number of unbranched alkanes of at least 4 members (excludes halogenated alkanes) is 5. The van der Waals surface area contributed by atoms with Crippen LogP contribution in [-0.2, 0) is 9.53 Å². The molecule has 0 radical (unpaired) electrons. The van der Waals surface area contributed by atoms with Crippen LogP contribution in [0.25, 0.3) is 11.1 Å². The van der Waals surface area contributed by atoms with Crippen molar-refractivity contribution >= 4 is 5.97 Å². The first-order valence-corrected chi connectivity index (χ1v) is 11.3. The number of halogens is 5. The van der Waals surface area contributed by atoms with E-state index < -0.39 is 24.7 Å². The summed E-state index contributed by atoms with van der Waals surface area (Å²) in [5.41, 5.74) is 1.59. The second kappa shape index (κ2) is 13.7. The monoisotopic (exact) mass is 500 g/mol. The molecule has 0 saturated heterocycles. The molecule has 0 spiro atoms. The van der Waals surface area contributed by atoms with Crippen molar-refractivity contribution in [3.63, 3.8) is 0 Å². The number of carbonyl (C=O) groups excluding carboxylic acids is 1. The molecule has 9 heteroatoms. The molecule has 0 amide bonds. The maximum absolute atomic E-state index is 13.0. The molecule has 0 aromatic heterocycles. The predicted molar refractivity (Wildman–Crippen MR) is 123 cm³/mol. The summed E-state index contributed by atoms with van der Waals surface area (Å²) >= 11 is 0. The number of alkyl halides is 5. The summed E-state index contributed by atoms with van der Waals surface area (Å²) in [5, 5.41) is 0. The van der Waals surface area contributed by atoms with E-state index in [1.807, 2.05) is 24.3 Å². The summed E-state index contributed by atoms with van der Waals surface area (Å²) in [6.07, 6.45) is 1.44. The van der Waals surface area contributed by atoms with Gasteiger partial charge in [0.2, 0.25) is 0 Å². The Hall–Kier alpha value is -3.10. The molecule has 0 aliphatic carbocycles. The molecular weight excluding hydrogens is 471 g/mol. The van der Waals surface area contributed by atoms with Gasteiger partial charge in [-0.3, -0.25) is 0 Å². The van der Waals surface area contributed by atoms with Gasteiger partial charge in [-0.05, 0) is 48.2 Å². The van der Waals surface area contributed by atoms with E-state index in [0.29, 0.717) is 19.0 Å². The smallest absolute Gasteiger partial charge is 0.456 e. The van der Waals surface area contributed by atoms with Crippen LogP contribution in [0.2, 0.25) is 0 Å². The highest BCUT2D eigenvalue weighted by molar-refractivity contribution is 5.81. The lowest BCUT2D eigenvalue weighted by Gasteiger charge is -2.19. The molecule has 0 aliphatic heterocycles. The van der Waals surface area contributed by atoms with E-state index in [1.165, 1.54) is 12.1 Å². The van der Waals surface area contributed by atoms with Crippen molar-refractivity contribution < 1.29 is 41.0 Å². The Bertz CT molecular complexity index is 909. The topological polar surface area (TPSA) is 44.8 Å². The van der Waals surface area contributed by atoms with Gasteiger partial charge in [0.1, 0.15) is 11.5 Å². The molecule has 2 aromatic carbocycles. The first-order chi connectivity index (χ1) is 16.6. The van der Waals surface area contributed by atoms with Crippen LogP contribution in [0.4, 0.5) is 22.0 Å². The fraction of sp³-hybridized carbons (Fsp3) is 0.423. The maximum atomic E-state index is 13.0. The van der Waals surface area contributed by atoms with Gasteiger partial charge in [0.05, 0.1) is 13.2 Å². The van der Waals surface area contributed by atoms with Crippen LogP contribution in [0.5, 0.6) is 11.5 Å². The molecule has 4 nitrogen and oxygen atoms in total. The standard InChI is InChI=1S/C26H29F5O4/c1-2-24(32)34-18-8-6-4-3-5-7-17-33-22-13-9-20(10-14-22)21-11-15-23(16-12-21)35-19-25(27,28)26(29,30)31/h2,9-16H,1,3-8,17-19H2. The fourth-order valence-corrected chi connectivity index (χ4v) is 3.08. The third kappa shape index (κ3) is 9.96. The third-order valence-electron chi connectivity index (χ3n) is 5.10. The number of rotatable bonds is 15. The van der Waals surface area contributed by atoms with Crippen molar-refractivity contribution in [3.05, 3.63) is 61.2 Å².